The molecule has 0 unspecified atom stereocenters. The van der Waals surface area contributed by atoms with E-state index < -0.39 is 0 Å². The summed E-state index contributed by atoms with van der Waals surface area (Å²) in [6, 6.07) is 8.08. The topological polar surface area (TPSA) is 3.24 Å². The summed E-state index contributed by atoms with van der Waals surface area (Å²) in [4.78, 5) is 2.14. The second-order valence-corrected chi connectivity index (χ2v) is 5.36. The molecule has 0 N–H and O–H groups in total. The van der Waals surface area contributed by atoms with Gasteiger partial charge in [-0.25, -0.2) is 0 Å². The Morgan fingerprint density at radius 3 is 2.65 bits per heavy atom. The molecule has 0 fully saturated rings. The molecule has 0 aliphatic carbocycles. The summed E-state index contributed by atoms with van der Waals surface area (Å²) in [5.74, 6) is 0.494. The highest BCUT2D eigenvalue weighted by Crippen LogP contribution is 2.28. The fraction of sp³-hybridized carbons (Fsp3) is 0.231. The van der Waals surface area contributed by atoms with E-state index in [-0.39, 0.29) is 0 Å². The highest BCUT2D eigenvalue weighted by atomic mass is 35.5. The Kier molecular flexibility index (Phi) is 4.32. The second-order valence-electron chi connectivity index (χ2n) is 3.91. The van der Waals surface area contributed by atoms with Crippen molar-refractivity contribution in [3.05, 3.63) is 51.2 Å². The van der Waals surface area contributed by atoms with Gasteiger partial charge in [0.05, 0.1) is 10.7 Å². The van der Waals surface area contributed by atoms with Crippen LogP contribution in [0.3, 0.4) is 0 Å². The number of halogens is 2. The first-order valence-corrected chi connectivity index (χ1v) is 7.13. The van der Waals surface area contributed by atoms with Crippen molar-refractivity contribution >= 4 is 40.2 Å². The quantitative estimate of drug-likeness (QED) is 0.731. The van der Waals surface area contributed by atoms with Crippen molar-refractivity contribution < 1.29 is 0 Å². The van der Waals surface area contributed by atoms with Gasteiger partial charge in [0.25, 0.3) is 0 Å². The van der Waals surface area contributed by atoms with E-state index >= 15 is 0 Å². The van der Waals surface area contributed by atoms with Crippen LogP contribution in [0.2, 0.25) is 5.02 Å². The maximum atomic E-state index is 6.25. The molecule has 0 bridgehead atoms. The van der Waals surface area contributed by atoms with Crippen LogP contribution in [0.5, 0.6) is 0 Å². The third-order valence-corrected chi connectivity index (χ3v) is 3.92. The fourth-order valence-corrected chi connectivity index (χ4v) is 2.86. The minimum Gasteiger partial charge on any atom is -0.369 e. The number of thiophene rings is 1. The maximum Gasteiger partial charge on any atom is 0.0642 e. The smallest absolute Gasteiger partial charge is 0.0642 e. The SMILES string of the molecule is CN(Cc1ccsc1)c1ccc(CCl)cc1Cl. The predicted molar refractivity (Wildman–Crippen MR) is 77.4 cm³/mol. The van der Waals surface area contributed by atoms with E-state index in [1.165, 1.54) is 5.56 Å². The monoisotopic (exact) mass is 285 g/mol. The summed E-state index contributed by atoms with van der Waals surface area (Å²) in [5.41, 5.74) is 3.38. The van der Waals surface area contributed by atoms with Crippen molar-refractivity contribution in [1.29, 1.82) is 0 Å². The number of rotatable bonds is 4. The van der Waals surface area contributed by atoms with Crippen LogP contribution in [-0.4, -0.2) is 7.05 Å². The van der Waals surface area contributed by atoms with Crippen molar-refractivity contribution in [3.8, 4) is 0 Å². The molecule has 0 spiro atoms. The molecule has 0 aliphatic heterocycles. The predicted octanol–water partition coefficient (Wildman–Crippen LogP) is 4.78. The standard InChI is InChI=1S/C13H13Cl2NS/c1-16(8-11-4-5-17-9-11)13-3-2-10(7-14)6-12(13)15/h2-6,9H,7-8H2,1H3. The second kappa shape index (κ2) is 5.76. The third-order valence-electron chi connectivity index (χ3n) is 2.58. The van der Waals surface area contributed by atoms with Gasteiger partial charge in [0, 0.05) is 19.5 Å². The van der Waals surface area contributed by atoms with Crippen molar-refractivity contribution in [2.45, 2.75) is 12.4 Å². The molecule has 0 amide bonds. The van der Waals surface area contributed by atoms with E-state index in [4.69, 9.17) is 23.2 Å². The first-order chi connectivity index (χ1) is 8.20. The zero-order valence-electron chi connectivity index (χ0n) is 9.49. The normalized spacial score (nSPS) is 10.5. The minimum absolute atomic E-state index is 0.494. The molecular formula is C13H13Cl2NS. The molecule has 90 valence electrons. The lowest BCUT2D eigenvalue weighted by atomic mass is 10.2. The Morgan fingerprint density at radius 1 is 1.24 bits per heavy atom. The van der Waals surface area contributed by atoms with Gasteiger partial charge in [-0.2, -0.15) is 11.3 Å². The lowest BCUT2D eigenvalue weighted by molar-refractivity contribution is 0.927. The molecule has 1 heterocycles. The van der Waals surface area contributed by atoms with Crippen LogP contribution in [-0.2, 0) is 12.4 Å². The average molecular weight is 286 g/mol. The number of anilines is 1. The summed E-state index contributed by atoms with van der Waals surface area (Å²) in [5, 5.41) is 4.99. The summed E-state index contributed by atoms with van der Waals surface area (Å²) in [7, 11) is 2.04. The van der Waals surface area contributed by atoms with Gasteiger partial charge in [0.15, 0.2) is 0 Å². The summed E-state index contributed by atoms with van der Waals surface area (Å²) in [6.07, 6.45) is 0. The summed E-state index contributed by atoms with van der Waals surface area (Å²) >= 11 is 13.7. The lowest BCUT2D eigenvalue weighted by Gasteiger charge is -2.20. The Labute approximate surface area is 116 Å². The zero-order chi connectivity index (χ0) is 12.3. The lowest BCUT2D eigenvalue weighted by Crippen LogP contribution is -2.16. The molecule has 0 radical (unpaired) electrons. The molecule has 2 rings (SSSR count). The zero-order valence-corrected chi connectivity index (χ0v) is 11.8. The van der Waals surface area contributed by atoms with E-state index in [0.717, 1.165) is 22.8 Å². The van der Waals surface area contributed by atoms with Crippen molar-refractivity contribution in [2.24, 2.45) is 0 Å². The molecule has 0 atom stereocenters. The Balaban J connectivity index is 2.16. The van der Waals surface area contributed by atoms with Gasteiger partial charge in [0.2, 0.25) is 0 Å². The molecule has 1 nitrogen and oxygen atoms in total. The van der Waals surface area contributed by atoms with Gasteiger partial charge in [-0.05, 0) is 40.1 Å². The van der Waals surface area contributed by atoms with Gasteiger partial charge in [-0.15, -0.1) is 11.6 Å². The van der Waals surface area contributed by atoms with E-state index in [1.807, 2.05) is 25.2 Å². The van der Waals surface area contributed by atoms with Crippen LogP contribution < -0.4 is 4.90 Å². The molecule has 0 saturated carbocycles. The highest BCUT2D eigenvalue weighted by molar-refractivity contribution is 7.07. The van der Waals surface area contributed by atoms with Gasteiger partial charge >= 0.3 is 0 Å². The van der Waals surface area contributed by atoms with Gasteiger partial charge < -0.3 is 4.90 Å². The molecule has 1 aromatic carbocycles. The third kappa shape index (κ3) is 3.15. The average Bonchev–Trinajstić information content (AvgIpc) is 2.81. The van der Waals surface area contributed by atoms with Gasteiger partial charge in [0.1, 0.15) is 0 Å². The molecule has 17 heavy (non-hydrogen) atoms. The number of benzene rings is 1. The maximum absolute atomic E-state index is 6.25. The molecular weight excluding hydrogens is 273 g/mol. The van der Waals surface area contributed by atoms with Crippen molar-refractivity contribution in [2.75, 3.05) is 11.9 Å². The van der Waals surface area contributed by atoms with E-state index in [0.29, 0.717) is 5.88 Å². The minimum atomic E-state index is 0.494. The van der Waals surface area contributed by atoms with E-state index in [9.17, 15) is 0 Å². The van der Waals surface area contributed by atoms with Crippen LogP contribution in [0.15, 0.2) is 35.0 Å². The highest BCUT2D eigenvalue weighted by Gasteiger charge is 2.07. The van der Waals surface area contributed by atoms with Crippen molar-refractivity contribution in [3.63, 3.8) is 0 Å². The van der Waals surface area contributed by atoms with Crippen LogP contribution in [0.1, 0.15) is 11.1 Å². The Morgan fingerprint density at radius 2 is 2.06 bits per heavy atom. The molecule has 4 heteroatoms. The molecule has 0 aliphatic rings. The molecule has 0 saturated heterocycles. The van der Waals surface area contributed by atoms with Crippen molar-refractivity contribution in [1.82, 2.24) is 0 Å². The van der Waals surface area contributed by atoms with Crippen LogP contribution in [0.4, 0.5) is 5.69 Å². The Hall–Kier alpha value is -0.700. The van der Waals surface area contributed by atoms with Gasteiger partial charge in [-0.3, -0.25) is 0 Å². The van der Waals surface area contributed by atoms with E-state index in [2.05, 4.69) is 21.7 Å². The first-order valence-electron chi connectivity index (χ1n) is 5.27. The van der Waals surface area contributed by atoms with Crippen LogP contribution in [0.25, 0.3) is 0 Å². The number of nitrogens with zero attached hydrogens (tertiary/aromatic N) is 1. The first kappa shape index (κ1) is 12.7. The largest absolute Gasteiger partial charge is 0.369 e. The van der Waals surface area contributed by atoms with Crippen LogP contribution in [0, 0.1) is 0 Å². The molecule has 2 aromatic rings. The fourth-order valence-electron chi connectivity index (χ4n) is 1.68. The van der Waals surface area contributed by atoms with Gasteiger partial charge in [-0.1, -0.05) is 17.7 Å². The van der Waals surface area contributed by atoms with E-state index in [1.54, 1.807) is 11.3 Å². The Bertz CT molecular complexity index is 482. The van der Waals surface area contributed by atoms with Crippen LogP contribution >= 0.6 is 34.5 Å². The number of hydrogen-bond acceptors (Lipinski definition) is 2. The number of hydrogen-bond donors (Lipinski definition) is 0. The molecule has 1 aromatic heterocycles. The summed E-state index contributed by atoms with van der Waals surface area (Å²) < 4.78 is 0. The number of alkyl halides is 1. The summed E-state index contributed by atoms with van der Waals surface area (Å²) in [6.45, 7) is 0.865.